The first-order valence-electron chi connectivity index (χ1n) is 3.57. The standard InChI is InChI=1S/C7H6ClF2NO3S/c8-7(9,10)14-5-1-3-6(4-2-5)15(11,12)13/h1-4H,(H2,11,12,13). The van der Waals surface area contributed by atoms with Crippen molar-refractivity contribution in [3.05, 3.63) is 24.3 Å². The molecule has 0 bridgehead atoms. The number of halogens is 3. The van der Waals surface area contributed by atoms with Crippen molar-refractivity contribution in [2.24, 2.45) is 5.14 Å². The zero-order chi connectivity index (χ0) is 11.7. The van der Waals surface area contributed by atoms with Gasteiger partial charge in [-0.3, -0.25) is 0 Å². The van der Waals surface area contributed by atoms with Gasteiger partial charge in [0.05, 0.1) is 4.90 Å². The Balaban J connectivity index is 2.92. The van der Waals surface area contributed by atoms with E-state index in [-0.39, 0.29) is 10.6 Å². The Labute approximate surface area is 89.6 Å². The molecule has 0 aromatic heterocycles. The van der Waals surface area contributed by atoms with E-state index in [1.165, 1.54) is 0 Å². The molecule has 0 amide bonds. The normalized spacial score (nSPS) is 12.5. The molecule has 0 radical (unpaired) electrons. The summed E-state index contributed by atoms with van der Waals surface area (Å²) in [4.78, 5) is -0.201. The molecule has 15 heavy (non-hydrogen) atoms. The lowest BCUT2D eigenvalue weighted by molar-refractivity contribution is -0.0964. The van der Waals surface area contributed by atoms with Crippen LogP contribution in [0.2, 0.25) is 0 Å². The summed E-state index contributed by atoms with van der Waals surface area (Å²) in [6, 6.07) is 4.12. The van der Waals surface area contributed by atoms with E-state index >= 15 is 0 Å². The number of hydrogen-bond acceptors (Lipinski definition) is 3. The molecule has 0 spiro atoms. The molecule has 0 aliphatic carbocycles. The van der Waals surface area contributed by atoms with E-state index in [1.807, 2.05) is 0 Å². The molecule has 0 aliphatic rings. The Hall–Kier alpha value is -0.920. The fourth-order valence-corrected chi connectivity index (χ4v) is 1.44. The molecular formula is C7H6ClF2NO3S. The van der Waals surface area contributed by atoms with Gasteiger partial charge in [-0.1, -0.05) is 0 Å². The van der Waals surface area contributed by atoms with Crippen LogP contribution >= 0.6 is 11.6 Å². The van der Waals surface area contributed by atoms with Gasteiger partial charge in [0.1, 0.15) is 5.75 Å². The first-order valence-corrected chi connectivity index (χ1v) is 5.49. The molecule has 84 valence electrons. The van der Waals surface area contributed by atoms with Crippen molar-refractivity contribution in [1.82, 2.24) is 0 Å². The van der Waals surface area contributed by atoms with E-state index < -0.39 is 15.6 Å². The van der Waals surface area contributed by atoms with Gasteiger partial charge < -0.3 is 4.74 Å². The Bertz CT molecular complexity index is 440. The molecular weight excluding hydrogens is 252 g/mol. The van der Waals surface area contributed by atoms with E-state index in [2.05, 4.69) is 16.3 Å². The molecule has 0 atom stereocenters. The third kappa shape index (κ3) is 3.98. The highest BCUT2D eigenvalue weighted by Crippen LogP contribution is 2.25. The molecule has 0 unspecified atom stereocenters. The minimum atomic E-state index is -3.84. The van der Waals surface area contributed by atoms with Gasteiger partial charge >= 0.3 is 5.57 Å². The molecule has 8 heteroatoms. The van der Waals surface area contributed by atoms with E-state index in [0.717, 1.165) is 24.3 Å². The Morgan fingerprint density at radius 1 is 1.27 bits per heavy atom. The van der Waals surface area contributed by atoms with Gasteiger partial charge in [-0.2, -0.15) is 0 Å². The topological polar surface area (TPSA) is 69.4 Å². The zero-order valence-electron chi connectivity index (χ0n) is 7.15. The molecule has 4 nitrogen and oxygen atoms in total. The van der Waals surface area contributed by atoms with Crippen molar-refractivity contribution in [2.75, 3.05) is 0 Å². The highest BCUT2D eigenvalue weighted by atomic mass is 35.5. The molecule has 0 aliphatic heterocycles. The van der Waals surface area contributed by atoms with Gasteiger partial charge in [0.15, 0.2) is 0 Å². The number of rotatable bonds is 3. The number of benzene rings is 1. The lowest BCUT2D eigenvalue weighted by Gasteiger charge is -2.10. The van der Waals surface area contributed by atoms with Crippen molar-refractivity contribution >= 4 is 21.6 Å². The molecule has 0 fully saturated rings. The van der Waals surface area contributed by atoms with Gasteiger partial charge in [-0.25, -0.2) is 13.6 Å². The van der Waals surface area contributed by atoms with Gasteiger partial charge in [0.2, 0.25) is 10.0 Å². The first-order chi connectivity index (χ1) is 6.68. The molecule has 0 saturated heterocycles. The monoisotopic (exact) mass is 257 g/mol. The van der Waals surface area contributed by atoms with E-state index in [4.69, 9.17) is 5.14 Å². The first kappa shape index (κ1) is 12.2. The minimum absolute atomic E-state index is 0.201. The quantitative estimate of drug-likeness (QED) is 0.835. The van der Waals surface area contributed by atoms with Crippen molar-refractivity contribution in [1.29, 1.82) is 0 Å². The van der Waals surface area contributed by atoms with Crippen molar-refractivity contribution < 1.29 is 21.9 Å². The average Bonchev–Trinajstić information content (AvgIpc) is 2.00. The summed E-state index contributed by atoms with van der Waals surface area (Å²) in [6.45, 7) is 0. The van der Waals surface area contributed by atoms with Gasteiger partial charge in [-0.05, 0) is 24.3 Å². The minimum Gasteiger partial charge on any atom is -0.420 e. The van der Waals surface area contributed by atoms with Crippen LogP contribution in [0.5, 0.6) is 5.75 Å². The van der Waals surface area contributed by atoms with Crippen LogP contribution in [0.1, 0.15) is 0 Å². The maximum absolute atomic E-state index is 12.1. The Morgan fingerprint density at radius 3 is 2.07 bits per heavy atom. The summed E-state index contributed by atoms with van der Waals surface area (Å²) in [5.41, 5.74) is -3.83. The Kier molecular flexibility index (Phi) is 3.17. The van der Waals surface area contributed by atoms with E-state index in [9.17, 15) is 17.2 Å². The van der Waals surface area contributed by atoms with Crippen LogP contribution in [0.15, 0.2) is 29.2 Å². The summed E-state index contributed by atoms with van der Waals surface area (Å²) in [6.07, 6.45) is 0. The van der Waals surface area contributed by atoms with E-state index in [0.29, 0.717) is 0 Å². The molecule has 0 heterocycles. The van der Waals surface area contributed by atoms with Crippen LogP contribution in [-0.4, -0.2) is 14.0 Å². The number of alkyl halides is 3. The van der Waals surface area contributed by atoms with Crippen molar-refractivity contribution in [3.8, 4) is 5.75 Å². The fourth-order valence-electron chi connectivity index (χ4n) is 0.831. The van der Waals surface area contributed by atoms with Crippen LogP contribution in [0, 0.1) is 0 Å². The smallest absolute Gasteiger partial charge is 0.420 e. The van der Waals surface area contributed by atoms with Gasteiger partial charge in [0, 0.05) is 11.6 Å². The van der Waals surface area contributed by atoms with Crippen molar-refractivity contribution in [3.63, 3.8) is 0 Å². The third-order valence-corrected chi connectivity index (χ3v) is 2.39. The van der Waals surface area contributed by atoms with Crippen LogP contribution in [0.4, 0.5) is 8.78 Å². The predicted molar refractivity (Wildman–Crippen MR) is 49.2 cm³/mol. The summed E-state index contributed by atoms with van der Waals surface area (Å²) in [5, 5.41) is 4.79. The summed E-state index contributed by atoms with van der Waals surface area (Å²) < 4.78 is 49.8. The second-order valence-corrected chi connectivity index (χ2v) is 4.57. The van der Waals surface area contributed by atoms with E-state index in [1.54, 1.807) is 0 Å². The van der Waals surface area contributed by atoms with Crippen LogP contribution in [-0.2, 0) is 10.0 Å². The second kappa shape index (κ2) is 3.92. The number of ether oxygens (including phenoxy) is 1. The molecule has 0 saturated carbocycles. The molecule has 1 aromatic carbocycles. The highest BCUT2D eigenvalue weighted by Gasteiger charge is 2.27. The summed E-state index contributed by atoms with van der Waals surface area (Å²) in [7, 11) is -3.84. The number of primary sulfonamides is 1. The Morgan fingerprint density at radius 2 is 1.73 bits per heavy atom. The second-order valence-electron chi connectivity index (χ2n) is 2.56. The SMILES string of the molecule is NS(=O)(=O)c1ccc(OC(F)(F)Cl)cc1. The predicted octanol–water partition coefficient (Wildman–Crippen LogP) is 1.50. The molecule has 1 rings (SSSR count). The van der Waals surface area contributed by atoms with Gasteiger partial charge in [0.25, 0.3) is 0 Å². The zero-order valence-corrected chi connectivity index (χ0v) is 8.73. The fraction of sp³-hybridized carbons (Fsp3) is 0.143. The summed E-state index contributed by atoms with van der Waals surface area (Å²) in [5.74, 6) is -0.262. The lowest BCUT2D eigenvalue weighted by atomic mass is 10.3. The van der Waals surface area contributed by atoms with Crippen LogP contribution in [0.3, 0.4) is 0 Å². The van der Waals surface area contributed by atoms with Gasteiger partial charge in [-0.15, -0.1) is 8.78 Å². The average molecular weight is 258 g/mol. The highest BCUT2D eigenvalue weighted by molar-refractivity contribution is 7.89. The third-order valence-electron chi connectivity index (χ3n) is 1.39. The maximum Gasteiger partial charge on any atom is 0.487 e. The summed E-state index contributed by atoms with van der Waals surface area (Å²) >= 11 is 4.50. The molecule has 1 aromatic rings. The van der Waals surface area contributed by atoms with Crippen LogP contribution in [0.25, 0.3) is 0 Å². The maximum atomic E-state index is 12.1. The number of hydrogen-bond donors (Lipinski definition) is 1. The lowest BCUT2D eigenvalue weighted by Crippen LogP contribution is -2.16. The molecule has 2 N–H and O–H groups in total. The largest absolute Gasteiger partial charge is 0.487 e. The number of nitrogens with two attached hydrogens (primary N) is 1. The number of sulfonamides is 1. The van der Waals surface area contributed by atoms with Crippen LogP contribution < -0.4 is 9.88 Å². The van der Waals surface area contributed by atoms with Crippen molar-refractivity contribution in [2.45, 2.75) is 10.5 Å².